The van der Waals surface area contributed by atoms with Crippen LogP contribution < -0.4 is 4.74 Å². The Balaban J connectivity index is 1.70. The van der Waals surface area contributed by atoms with Crippen LogP contribution in [-0.2, 0) is 16.1 Å². The largest absolute Gasteiger partial charge is 0.507 e. The lowest BCUT2D eigenvalue weighted by atomic mass is 9.93. The number of hydrogen-bond acceptors (Lipinski definition) is 5. The van der Waals surface area contributed by atoms with E-state index in [0.29, 0.717) is 36.7 Å². The number of likely N-dealkylation sites (tertiary alicyclic amines) is 1. The third-order valence-electron chi connectivity index (χ3n) is 6.33. The van der Waals surface area contributed by atoms with E-state index in [1.165, 1.54) is 0 Å². The van der Waals surface area contributed by atoms with Gasteiger partial charge in [-0.25, -0.2) is 4.98 Å². The Labute approximate surface area is 212 Å². The third-order valence-corrected chi connectivity index (χ3v) is 6.33. The third kappa shape index (κ3) is 5.35. The Morgan fingerprint density at radius 2 is 1.69 bits per heavy atom. The maximum Gasteiger partial charge on any atom is 0.295 e. The number of aryl methyl sites for hydroxylation is 1. The molecule has 1 N–H and O–H groups in total. The van der Waals surface area contributed by atoms with Gasteiger partial charge in [-0.05, 0) is 61.6 Å². The van der Waals surface area contributed by atoms with E-state index in [1.54, 1.807) is 41.7 Å². The maximum atomic E-state index is 13.2. The predicted octanol–water partition coefficient (Wildman–Crippen LogP) is 5.31. The zero-order chi connectivity index (χ0) is 25.8. The fourth-order valence-electron chi connectivity index (χ4n) is 4.48. The Kier molecular flexibility index (Phi) is 7.58. The minimum atomic E-state index is -0.671. The summed E-state index contributed by atoms with van der Waals surface area (Å²) in [4.78, 5) is 32.0. The standard InChI is InChI=1S/C29H33N3O4/c1-19(2)21-6-8-22(9-7-21)26-25(27(33)23-10-12-24(13-11-23)36-20(3)4)28(34)29(35)32(26)16-5-15-31-17-14-30-18-31/h6-14,17-20,26,33H,5,15-16H2,1-4H3/b27-25+/t26-/m1/s1. The Bertz CT molecular complexity index is 1230. The van der Waals surface area contributed by atoms with Crippen molar-refractivity contribution in [2.45, 2.75) is 58.7 Å². The lowest BCUT2D eigenvalue weighted by Crippen LogP contribution is -2.31. The van der Waals surface area contributed by atoms with Crippen LogP contribution in [0.1, 0.15) is 62.8 Å². The van der Waals surface area contributed by atoms with Crippen LogP contribution in [0.15, 0.2) is 72.8 Å². The molecule has 1 fully saturated rings. The van der Waals surface area contributed by atoms with Gasteiger partial charge in [-0.1, -0.05) is 38.1 Å². The average Bonchev–Trinajstić information content (AvgIpc) is 3.46. The van der Waals surface area contributed by atoms with Gasteiger partial charge in [0.25, 0.3) is 11.7 Å². The summed E-state index contributed by atoms with van der Waals surface area (Å²) >= 11 is 0. The minimum absolute atomic E-state index is 0.0194. The Morgan fingerprint density at radius 1 is 1.00 bits per heavy atom. The molecule has 36 heavy (non-hydrogen) atoms. The summed E-state index contributed by atoms with van der Waals surface area (Å²) < 4.78 is 7.63. The van der Waals surface area contributed by atoms with Crippen molar-refractivity contribution >= 4 is 17.4 Å². The first-order valence-corrected chi connectivity index (χ1v) is 12.4. The van der Waals surface area contributed by atoms with Gasteiger partial charge in [0, 0.05) is 31.0 Å². The molecule has 1 aromatic heterocycles. The van der Waals surface area contributed by atoms with Crippen molar-refractivity contribution in [1.82, 2.24) is 14.5 Å². The van der Waals surface area contributed by atoms with Crippen LogP contribution >= 0.6 is 0 Å². The summed E-state index contributed by atoms with van der Waals surface area (Å²) in [7, 11) is 0. The van der Waals surface area contributed by atoms with Crippen LogP contribution in [0.25, 0.3) is 5.76 Å². The summed E-state index contributed by atoms with van der Waals surface area (Å²) in [6, 6.07) is 14.2. The first kappa shape index (κ1) is 25.2. The van der Waals surface area contributed by atoms with Crippen molar-refractivity contribution in [2.24, 2.45) is 0 Å². The highest BCUT2D eigenvalue weighted by Crippen LogP contribution is 2.40. The molecule has 0 saturated carbocycles. The topological polar surface area (TPSA) is 84.7 Å². The van der Waals surface area contributed by atoms with Crippen LogP contribution in [-0.4, -0.2) is 43.9 Å². The van der Waals surface area contributed by atoms with Crippen molar-refractivity contribution in [1.29, 1.82) is 0 Å². The normalized spacial score (nSPS) is 17.4. The molecular weight excluding hydrogens is 454 g/mol. The number of aliphatic hydroxyl groups excluding tert-OH is 1. The molecule has 0 aliphatic carbocycles. The second kappa shape index (κ2) is 10.8. The Hall–Kier alpha value is -3.87. The predicted molar refractivity (Wildman–Crippen MR) is 139 cm³/mol. The lowest BCUT2D eigenvalue weighted by molar-refractivity contribution is -0.139. The summed E-state index contributed by atoms with van der Waals surface area (Å²) in [5.41, 5.74) is 2.53. The number of aromatic nitrogens is 2. The number of nitrogens with zero attached hydrogens (tertiary/aromatic N) is 3. The SMILES string of the molecule is CC(C)Oc1ccc(/C(O)=C2\C(=O)C(=O)N(CCCn3ccnc3)[C@@H]2c2ccc(C(C)C)cc2)cc1. The van der Waals surface area contributed by atoms with Gasteiger partial charge in [0.05, 0.1) is 24.0 Å². The first-order valence-electron chi connectivity index (χ1n) is 12.4. The number of amides is 1. The number of benzene rings is 2. The highest BCUT2D eigenvalue weighted by atomic mass is 16.5. The van der Waals surface area contributed by atoms with Gasteiger partial charge in [-0.15, -0.1) is 0 Å². The highest BCUT2D eigenvalue weighted by Gasteiger charge is 2.45. The van der Waals surface area contributed by atoms with E-state index in [1.807, 2.05) is 48.9 Å². The Morgan fingerprint density at radius 3 is 2.28 bits per heavy atom. The minimum Gasteiger partial charge on any atom is -0.507 e. The van der Waals surface area contributed by atoms with E-state index < -0.39 is 17.7 Å². The second-order valence-corrected chi connectivity index (χ2v) is 9.66. The molecule has 0 spiro atoms. The molecule has 188 valence electrons. The number of hydrogen-bond donors (Lipinski definition) is 1. The number of aliphatic hydroxyl groups is 1. The first-order chi connectivity index (χ1) is 17.3. The molecule has 1 saturated heterocycles. The molecule has 1 aliphatic heterocycles. The van der Waals surface area contributed by atoms with Gasteiger partial charge in [0.2, 0.25) is 0 Å². The van der Waals surface area contributed by atoms with Gasteiger partial charge in [-0.2, -0.15) is 0 Å². The van der Waals surface area contributed by atoms with Crippen molar-refractivity contribution < 1.29 is 19.4 Å². The molecular formula is C29H33N3O4. The molecule has 0 radical (unpaired) electrons. The van der Waals surface area contributed by atoms with Crippen molar-refractivity contribution in [3.8, 4) is 5.75 Å². The van der Waals surface area contributed by atoms with Gasteiger partial charge in [0.15, 0.2) is 0 Å². The van der Waals surface area contributed by atoms with E-state index in [9.17, 15) is 14.7 Å². The van der Waals surface area contributed by atoms with Crippen LogP contribution in [0.5, 0.6) is 5.75 Å². The molecule has 2 aromatic carbocycles. The molecule has 1 atom stereocenters. The van der Waals surface area contributed by atoms with Crippen LogP contribution in [0.4, 0.5) is 0 Å². The van der Waals surface area contributed by atoms with E-state index >= 15 is 0 Å². The van der Waals surface area contributed by atoms with E-state index in [0.717, 1.165) is 11.1 Å². The number of ether oxygens (including phenoxy) is 1. The molecule has 0 unspecified atom stereocenters. The van der Waals surface area contributed by atoms with Gasteiger partial charge in [0.1, 0.15) is 11.5 Å². The summed E-state index contributed by atoms with van der Waals surface area (Å²) in [6.45, 7) is 9.14. The second-order valence-electron chi connectivity index (χ2n) is 9.66. The fourth-order valence-corrected chi connectivity index (χ4v) is 4.48. The van der Waals surface area contributed by atoms with Gasteiger partial charge >= 0.3 is 0 Å². The van der Waals surface area contributed by atoms with E-state index in [2.05, 4.69) is 18.8 Å². The zero-order valence-corrected chi connectivity index (χ0v) is 21.2. The van der Waals surface area contributed by atoms with E-state index in [4.69, 9.17) is 4.74 Å². The molecule has 2 heterocycles. The maximum absolute atomic E-state index is 13.2. The molecule has 3 aromatic rings. The quantitative estimate of drug-likeness (QED) is 0.251. The smallest absolute Gasteiger partial charge is 0.295 e. The fraction of sp³-hybridized carbons (Fsp3) is 0.345. The summed E-state index contributed by atoms with van der Waals surface area (Å²) in [5.74, 6) is -0.426. The lowest BCUT2D eigenvalue weighted by Gasteiger charge is -2.26. The highest BCUT2D eigenvalue weighted by molar-refractivity contribution is 6.46. The number of carbonyl (C=O) groups excluding carboxylic acids is 2. The molecule has 7 nitrogen and oxygen atoms in total. The van der Waals surface area contributed by atoms with Gasteiger partial charge in [-0.3, -0.25) is 9.59 Å². The molecule has 1 aliphatic rings. The number of ketones is 1. The number of Topliss-reactive ketones (excluding diaryl/α,β-unsaturated/α-hetero) is 1. The van der Waals surface area contributed by atoms with Crippen LogP contribution in [0.3, 0.4) is 0 Å². The van der Waals surface area contributed by atoms with Crippen LogP contribution in [0, 0.1) is 0 Å². The van der Waals surface area contributed by atoms with E-state index in [-0.39, 0.29) is 17.4 Å². The summed E-state index contributed by atoms with van der Waals surface area (Å²) in [6.07, 6.45) is 5.96. The molecule has 0 bridgehead atoms. The molecule has 7 heteroatoms. The average molecular weight is 488 g/mol. The van der Waals surface area contributed by atoms with Crippen molar-refractivity contribution in [3.63, 3.8) is 0 Å². The summed E-state index contributed by atoms with van der Waals surface area (Å²) in [5, 5.41) is 11.3. The molecule has 4 rings (SSSR count). The van der Waals surface area contributed by atoms with Crippen molar-refractivity contribution in [3.05, 3.63) is 89.5 Å². The molecule has 1 amide bonds. The zero-order valence-electron chi connectivity index (χ0n) is 21.2. The van der Waals surface area contributed by atoms with Gasteiger partial charge < -0.3 is 19.3 Å². The number of rotatable bonds is 9. The monoisotopic (exact) mass is 487 g/mol. The number of imidazole rings is 1. The van der Waals surface area contributed by atoms with Crippen LogP contribution in [0.2, 0.25) is 0 Å². The van der Waals surface area contributed by atoms with Crippen molar-refractivity contribution in [2.75, 3.05) is 6.54 Å². The number of carbonyl (C=O) groups is 2.